The van der Waals surface area contributed by atoms with E-state index in [-0.39, 0.29) is 5.91 Å². The minimum atomic E-state index is -0.0815. The summed E-state index contributed by atoms with van der Waals surface area (Å²) in [6, 6.07) is 13.9. The van der Waals surface area contributed by atoms with Crippen LogP contribution in [0.1, 0.15) is 15.9 Å². The zero-order valence-electron chi connectivity index (χ0n) is 13.1. The second-order valence-electron chi connectivity index (χ2n) is 5.50. The average Bonchev–Trinajstić information content (AvgIpc) is 2.63. The van der Waals surface area contributed by atoms with E-state index >= 15 is 0 Å². The van der Waals surface area contributed by atoms with Gasteiger partial charge in [-0.25, -0.2) is 4.98 Å². The van der Waals surface area contributed by atoms with Crippen molar-refractivity contribution in [2.24, 2.45) is 0 Å². The number of morpholine rings is 1. The summed E-state index contributed by atoms with van der Waals surface area (Å²) in [5.41, 5.74) is 1.81. The molecule has 1 aliphatic heterocycles. The van der Waals surface area contributed by atoms with Crippen molar-refractivity contribution in [3.8, 4) is 0 Å². The molecular weight excluding hydrogens is 290 g/mol. The Hall–Kier alpha value is -2.40. The van der Waals surface area contributed by atoms with Gasteiger partial charge >= 0.3 is 0 Å². The van der Waals surface area contributed by atoms with E-state index in [9.17, 15) is 4.79 Å². The number of ether oxygens (including phenoxy) is 1. The number of benzene rings is 1. The third kappa shape index (κ3) is 4.29. The molecule has 3 rings (SSSR count). The Bertz CT molecular complexity index is 622. The minimum Gasteiger partial charge on any atom is -0.378 e. The smallest absolute Gasteiger partial charge is 0.252 e. The molecule has 1 aliphatic rings. The second kappa shape index (κ2) is 7.74. The van der Waals surface area contributed by atoms with Gasteiger partial charge in [0.05, 0.1) is 18.8 Å². The number of rotatable bonds is 5. The number of aromatic nitrogens is 1. The third-order valence-electron chi connectivity index (χ3n) is 3.89. The molecular formula is C18H21N3O2. The van der Waals surface area contributed by atoms with E-state index in [1.54, 1.807) is 6.20 Å². The lowest BCUT2D eigenvalue weighted by Crippen LogP contribution is -2.36. The van der Waals surface area contributed by atoms with Crippen LogP contribution in [0, 0.1) is 0 Å². The predicted molar refractivity (Wildman–Crippen MR) is 89.7 cm³/mol. The molecule has 2 aromatic rings. The first-order chi connectivity index (χ1) is 11.3. The Balaban J connectivity index is 1.51. The lowest BCUT2D eigenvalue weighted by Gasteiger charge is -2.27. The van der Waals surface area contributed by atoms with Crippen LogP contribution in [0.2, 0.25) is 0 Å². The molecule has 1 N–H and O–H groups in total. The van der Waals surface area contributed by atoms with Crippen LogP contribution >= 0.6 is 0 Å². The standard InChI is InChI=1S/C18H21N3O2/c22-18(19-9-8-15-4-2-1-3-5-15)16-6-7-17(20-14-16)21-10-12-23-13-11-21/h1-7,14H,8-13H2,(H,19,22). The first-order valence-electron chi connectivity index (χ1n) is 7.94. The maximum absolute atomic E-state index is 12.1. The van der Waals surface area contributed by atoms with E-state index < -0.39 is 0 Å². The predicted octanol–water partition coefficient (Wildman–Crippen LogP) is 1.89. The lowest BCUT2D eigenvalue weighted by atomic mass is 10.1. The van der Waals surface area contributed by atoms with Crippen LogP contribution in [-0.4, -0.2) is 43.7 Å². The van der Waals surface area contributed by atoms with Crippen LogP contribution in [0.25, 0.3) is 0 Å². The first kappa shape index (κ1) is 15.5. The molecule has 0 radical (unpaired) electrons. The van der Waals surface area contributed by atoms with Gasteiger partial charge in [-0.05, 0) is 24.1 Å². The zero-order valence-corrected chi connectivity index (χ0v) is 13.1. The van der Waals surface area contributed by atoms with Crippen molar-refractivity contribution in [2.45, 2.75) is 6.42 Å². The Morgan fingerprint density at radius 3 is 2.61 bits per heavy atom. The van der Waals surface area contributed by atoms with Crippen LogP contribution in [0.15, 0.2) is 48.7 Å². The van der Waals surface area contributed by atoms with Crippen LogP contribution in [0.3, 0.4) is 0 Å². The second-order valence-corrected chi connectivity index (χ2v) is 5.50. The number of hydrogen-bond acceptors (Lipinski definition) is 4. The molecule has 0 bridgehead atoms. The number of carbonyl (C=O) groups excluding carboxylic acids is 1. The molecule has 0 spiro atoms. The largest absolute Gasteiger partial charge is 0.378 e. The fourth-order valence-corrected chi connectivity index (χ4v) is 2.57. The molecule has 5 nitrogen and oxygen atoms in total. The summed E-state index contributed by atoms with van der Waals surface area (Å²) < 4.78 is 5.33. The first-order valence-corrected chi connectivity index (χ1v) is 7.94. The van der Waals surface area contributed by atoms with Gasteiger partial charge in [0.2, 0.25) is 0 Å². The number of hydrogen-bond donors (Lipinski definition) is 1. The molecule has 0 aliphatic carbocycles. The maximum atomic E-state index is 12.1. The van der Waals surface area contributed by atoms with Crippen molar-refractivity contribution in [2.75, 3.05) is 37.7 Å². The number of nitrogens with zero attached hydrogens (tertiary/aromatic N) is 2. The minimum absolute atomic E-state index is 0.0815. The van der Waals surface area contributed by atoms with Gasteiger partial charge in [-0.15, -0.1) is 0 Å². The van der Waals surface area contributed by atoms with Crippen LogP contribution < -0.4 is 10.2 Å². The highest BCUT2D eigenvalue weighted by Crippen LogP contribution is 2.13. The van der Waals surface area contributed by atoms with E-state index in [1.165, 1.54) is 5.56 Å². The molecule has 1 aromatic carbocycles. The molecule has 1 saturated heterocycles. The van der Waals surface area contributed by atoms with Crippen molar-refractivity contribution in [1.82, 2.24) is 10.3 Å². The number of pyridine rings is 1. The van der Waals surface area contributed by atoms with Crippen LogP contribution in [0.4, 0.5) is 5.82 Å². The summed E-state index contributed by atoms with van der Waals surface area (Å²) in [7, 11) is 0. The molecule has 0 unspecified atom stereocenters. The summed E-state index contributed by atoms with van der Waals surface area (Å²) in [6.07, 6.45) is 2.47. The fourth-order valence-electron chi connectivity index (χ4n) is 2.57. The molecule has 5 heteroatoms. The molecule has 1 amide bonds. The Morgan fingerprint density at radius 1 is 1.13 bits per heavy atom. The topological polar surface area (TPSA) is 54.5 Å². The van der Waals surface area contributed by atoms with Crippen molar-refractivity contribution in [3.05, 3.63) is 59.8 Å². The van der Waals surface area contributed by atoms with Gasteiger partial charge in [0, 0.05) is 25.8 Å². The molecule has 0 saturated carbocycles. The molecule has 1 aromatic heterocycles. The van der Waals surface area contributed by atoms with Crippen molar-refractivity contribution >= 4 is 11.7 Å². The highest BCUT2D eigenvalue weighted by atomic mass is 16.5. The van der Waals surface area contributed by atoms with Crippen molar-refractivity contribution < 1.29 is 9.53 Å². The van der Waals surface area contributed by atoms with Gasteiger partial charge in [0.15, 0.2) is 0 Å². The Labute approximate surface area is 136 Å². The van der Waals surface area contributed by atoms with E-state index in [2.05, 4.69) is 27.3 Å². The average molecular weight is 311 g/mol. The van der Waals surface area contributed by atoms with E-state index in [1.807, 2.05) is 30.3 Å². The summed E-state index contributed by atoms with van der Waals surface area (Å²) in [5.74, 6) is 0.816. The van der Waals surface area contributed by atoms with E-state index in [0.717, 1.165) is 38.5 Å². The number of carbonyl (C=O) groups is 1. The quantitative estimate of drug-likeness (QED) is 0.916. The van der Waals surface area contributed by atoms with Gasteiger partial charge in [-0.2, -0.15) is 0 Å². The van der Waals surface area contributed by atoms with Crippen LogP contribution in [0.5, 0.6) is 0 Å². The highest BCUT2D eigenvalue weighted by molar-refractivity contribution is 5.94. The SMILES string of the molecule is O=C(NCCc1ccccc1)c1ccc(N2CCOCC2)nc1. The Kier molecular flexibility index (Phi) is 5.21. The summed E-state index contributed by atoms with van der Waals surface area (Å²) in [5, 5.41) is 2.93. The monoisotopic (exact) mass is 311 g/mol. The van der Waals surface area contributed by atoms with E-state index in [0.29, 0.717) is 12.1 Å². The molecule has 23 heavy (non-hydrogen) atoms. The number of nitrogens with one attached hydrogen (secondary N) is 1. The maximum Gasteiger partial charge on any atom is 0.252 e. The van der Waals surface area contributed by atoms with Gasteiger partial charge in [0.25, 0.3) is 5.91 Å². The summed E-state index contributed by atoms with van der Waals surface area (Å²) >= 11 is 0. The normalized spacial score (nSPS) is 14.5. The molecule has 0 atom stereocenters. The summed E-state index contributed by atoms with van der Waals surface area (Å²) in [4.78, 5) is 18.7. The number of amides is 1. The van der Waals surface area contributed by atoms with Gasteiger partial charge < -0.3 is 15.0 Å². The summed E-state index contributed by atoms with van der Waals surface area (Å²) in [6.45, 7) is 3.76. The van der Waals surface area contributed by atoms with E-state index in [4.69, 9.17) is 4.74 Å². The zero-order chi connectivity index (χ0) is 15.9. The van der Waals surface area contributed by atoms with Crippen molar-refractivity contribution in [1.29, 1.82) is 0 Å². The lowest BCUT2D eigenvalue weighted by molar-refractivity contribution is 0.0953. The molecule has 1 fully saturated rings. The molecule has 2 heterocycles. The third-order valence-corrected chi connectivity index (χ3v) is 3.89. The van der Waals surface area contributed by atoms with Gasteiger partial charge in [0.1, 0.15) is 5.82 Å². The fraction of sp³-hybridized carbons (Fsp3) is 0.333. The van der Waals surface area contributed by atoms with Crippen molar-refractivity contribution in [3.63, 3.8) is 0 Å². The van der Waals surface area contributed by atoms with Gasteiger partial charge in [-0.3, -0.25) is 4.79 Å². The highest BCUT2D eigenvalue weighted by Gasteiger charge is 2.13. The van der Waals surface area contributed by atoms with Gasteiger partial charge in [-0.1, -0.05) is 30.3 Å². The molecule has 120 valence electrons. The Morgan fingerprint density at radius 2 is 1.91 bits per heavy atom. The number of anilines is 1. The van der Waals surface area contributed by atoms with Crippen LogP contribution in [-0.2, 0) is 11.2 Å².